The number of amides is 1. The fraction of sp³-hybridized carbons (Fsp3) is 0.333. The molecule has 4 nitrogen and oxygen atoms in total. The molecule has 1 heterocycles. The number of nitrogens with zero attached hydrogens (tertiary/aromatic N) is 1. The van der Waals surface area contributed by atoms with Gasteiger partial charge in [-0.15, -0.1) is 0 Å². The Morgan fingerprint density at radius 2 is 1.69 bits per heavy atom. The van der Waals surface area contributed by atoms with Crippen LogP contribution in [0.15, 0.2) is 46.3 Å². The Labute approximate surface area is 213 Å². The maximum atomic E-state index is 14.2. The molecule has 2 aromatic carbocycles. The van der Waals surface area contributed by atoms with Crippen molar-refractivity contribution in [3.8, 4) is 0 Å². The zero-order valence-electron chi connectivity index (χ0n) is 17.4. The van der Waals surface area contributed by atoms with E-state index in [0.29, 0.717) is 0 Å². The first kappa shape index (κ1) is 27.9. The molecule has 2 unspecified atom stereocenters. The van der Waals surface area contributed by atoms with E-state index in [1.165, 1.54) is 36.4 Å². The van der Waals surface area contributed by atoms with Gasteiger partial charge in [-0.3, -0.25) is 9.79 Å². The molecule has 0 aromatic heterocycles. The number of nitrogens with one attached hydrogen (secondary N) is 1. The van der Waals surface area contributed by atoms with E-state index in [1.54, 1.807) is 5.32 Å². The summed E-state index contributed by atoms with van der Waals surface area (Å²) in [5.74, 6) is -1.88. The third kappa shape index (κ3) is 6.56. The first-order chi connectivity index (χ1) is 16.1. The van der Waals surface area contributed by atoms with Crippen molar-refractivity contribution in [2.24, 2.45) is 4.99 Å². The topological polar surface area (TPSA) is 64.5 Å². The predicted molar refractivity (Wildman–Crippen MR) is 122 cm³/mol. The van der Waals surface area contributed by atoms with Gasteiger partial charge in [0.25, 0.3) is 5.91 Å². The Balaban J connectivity index is 1.80. The molecule has 35 heavy (non-hydrogen) atoms. The number of carbonyl (C=O) groups is 1. The first-order valence-electron chi connectivity index (χ1n) is 9.70. The van der Waals surface area contributed by atoms with Gasteiger partial charge in [0, 0.05) is 22.2 Å². The standard InChI is InChI=1S/C21H15Cl3F6N2O2S/c22-13-4-12(5-14(23)6-13)19(21(28,29)30)7-16(31-9-19)11-1-2-17(15(24)3-11)35(34)8-18(33)32-10-20(25,26)27/h1-6H,7-10H2,(H,32,33). The highest BCUT2D eigenvalue weighted by Gasteiger charge is 2.58. The molecular weight excluding hydrogens is 565 g/mol. The third-order valence-electron chi connectivity index (χ3n) is 5.23. The zero-order valence-corrected chi connectivity index (χ0v) is 20.5. The van der Waals surface area contributed by atoms with Crippen molar-refractivity contribution in [3.63, 3.8) is 0 Å². The molecule has 1 N–H and O–H groups in total. The molecule has 1 aliphatic heterocycles. The van der Waals surface area contributed by atoms with Crippen molar-refractivity contribution in [2.45, 2.75) is 29.1 Å². The average molecular weight is 580 g/mol. The van der Waals surface area contributed by atoms with E-state index in [0.717, 1.165) is 0 Å². The van der Waals surface area contributed by atoms with Crippen LogP contribution in [0.25, 0.3) is 0 Å². The van der Waals surface area contributed by atoms with Crippen molar-refractivity contribution in [1.82, 2.24) is 5.32 Å². The van der Waals surface area contributed by atoms with Gasteiger partial charge in [-0.2, -0.15) is 26.3 Å². The lowest BCUT2D eigenvalue weighted by Crippen LogP contribution is -2.43. The second-order valence-corrected chi connectivity index (χ2v) is 10.4. The van der Waals surface area contributed by atoms with E-state index < -0.39 is 60.1 Å². The molecule has 2 aromatic rings. The lowest BCUT2D eigenvalue weighted by atomic mass is 9.76. The van der Waals surface area contributed by atoms with Gasteiger partial charge in [0.1, 0.15) is 12.0 Å². The van der Waals surface area contributed by atoms with Crippen LogP contribution in [0.3, 0.4) is 0 Å². The summed E-state index contributed by atoms with van der Waals surface area (Å²) in [6.07, 6.45) is -9.85. The summed E-state index contributed by atoms with van der Waals surface area (Å²) in [7, 11) is 0. The Bertz CT molecular complexity index is 1140. The van der Waals surface area contributed by atoms with Crippen LogP contribution in [-0.2, 0) is 21.4 Å². The smallest absolute Gasteiger partial charge is 0.405 e. The molecule has 14 heteroatoms. The summed E-state index contributed by atoms with van der Waals surface area (Å²) in [5.41, 5.74) is -2.20. The maximum absolute atomic E-state index is 14.2. The van der Waals surface area contributed by atoms with Gasteiger partial charge >= 0.3 is 12.4 Å². The van der Waals surface area contributed by atoms with Crippen LogP contribution in [0.5, 0.6) is 0 Å². The first-order valence-corrected chi connectivity index (χ1v) is 12.1. The van der Waals surface area contributed by atoms with Gasteiger partial charge in [0.2, 0.25) is 0 Å². The van der Waals surface area contributed by atoms with Crippen molar-refractivity contribution >= 4 is 57.6 Å². The Morgan fingerprint density at radius 3 is 2.23 bits per heavy atom. The SMILES string of the molecule is O=C(C[S+]([O-])c1ccc(C2=NCC(c3cc(Cl)cc(Cl)c3)(C(F)(F)F)C2)cc1Cl)NCC(F)(F)F. The number of alkyl halides is 6. The van der Waals surface area contributed by atoms with Gasteiger partial charge in [0.05, 0.1) is 11.6 Å². The fourth-order valence-electron chi connectivity index (χ4n) is 3.51. The third-order valence-corrected chi connectivity index (χ3v) is 7.46. The number of carbonyl (C=O) groups excluding carboxylic acids is 1. The summed E-state index contributed by atoms with van der Waals surface area (Å²) in [6, 6.07) is 7.50. The normalized spacial score (nSPS) is 19.4. The summed E-state index contributed by atoms with van der Waals surface area (Å²) in [4.78, 5) is 15.6. The molecule has 3 rings (SSSR count). The Kier molecular flexibility index (Phi) is 8.27. The van der Waals surface area contributed by atoms with E-state index in [-0.39, 0.29) is 36.8 Å². The molecule has 0 spiro atoms. The molecule has 0 saturated carbocycles. The van der Waals surface area contributed by atoms with Crippen LogP contribution in [0.4, 0.5) is 26.3 Å². The highest BCUT2D eigenvalue weighted by molar-refractivity contribution is 7.92. The van der Waals surface area contributed by atoms with E-state index in [1.807, 2.05) is 0 Å². The van der Waals surface area contributed by atoms with Crippen LogP contribution < -0.4 is 5.32 Å². The van der Waals surface area contributed by atoms with Gasteiger partial charge in [-0.25, -0.2) is 0 Å². The summed E-state index contributed by atoms with van der Waals surface area (Å²) >= 11 is 15.9. The van der Waals surface area contributed by atoms with Gasteiger partial charge in [-0.1, -0.05) is 34.8 Å². The number of halogens is 9. The second kappa shape index (κ2) is 10.4. The largest absolute Gasteiger partial charge is 0.611 e. The number of hydrogen-bond donors (Lipinski definition) is 1. The minimum atomic E-state index is -4.69. The van der Waals surface area contributed by atoms with Crippen molar-refractivity contribution in [3.05, 3.63) is 62.6 Å². The van der Waals surface area contributed by atoms with Crippen LogP contribution in [-0.4, -0.2) is 47.4 Å². The molecule has 1 amide bonds. The average Bonchev–Trinajstić information content (AvgIpc) is 3.18. The van der Waals surface area contributed by atoms with Crippen LogP contribution in [0, 0.1) is 0 Å². The number of aliphatic imine (C=N–C) groups is 1. The van der Waals surface area contributed by atoms with E-state index in [9.17, 15) is 35.7 Å². The quantitative estimate of drug-likeness (QED) is 0.331. The molecular formula is C21H15Cl3F6N2O2S. The Hall–Kier alpha value is -1.66. The van der Waals surface area contributed by atoms with Gasteiger partial charge in [0.15, 0.2) is 10.6 Å². The molecule has 2 atom stereocenters. The van der Waals surface area contributed by atoms with Crippen molar-refractivity contribution in [2.75, 3.05) is 18.8 Å². The predicted octanol–water partition coefficient (Wildman–Crippen LogP) is 6.13. The molecule has 1 aliphatic rings. The Morgan fingerprint density at radius 1 is 1.06 bits per heavy atom. The highest BCUT2D eigenvalue weighted by Crippen LogP contribution is 2.49. The lowest BCUT2D eigenvalue weighted by molar-refractivity contribution is -0.183. The van der Waals surface area contributed by atoms with E-state index in [2.05, 4.69) is 4.99 Å². The minimum Gasteiger partial charge on any atom is -0.611 e. The molecule has 190 valence electrons. The highest BCUT2D eigenvalue weighted by atomic mass is 35.5. The monoisotopic (exact) mass is 578 g/mol. The molecule has 0 saturated heterocycles. The summed E-state index contributed by atoms with van der Waals surface area (Å²) < 4.78 is 91.7. The van der Waals surface area contributed by atoms with Crippen LogP contribution in [0.1, 0.15) is 17.5 Å². The maximum Gasteiger partial charge on any atom is 0.405 e. The van der Waals surface area contributed by atoms with Crippen molar-refractivity contribution in [1.29, 1.82) is 0 Å². The minimum absolute atomic E-state index is 0.0405. The van der Waals surface area contributed by atoms with E-state index in [4.69, 9.17) is 34.8 Å². The molecule has 0 radical (unpaired) electrons. The zero-order chi connectivity index (χ0) is 26.2. The number of hydrogen-bond acceptors (Lipinski definition) is 3. The van der Waals surface area contributed by atoms with Gasteiger partial charge < -0.3 is 9.87 Å². The van der Waals surface area contributed by atoms with E-state index >= 15 is 0 Å². The number of rotatable bonds is 6. The fourth-order valence-corrected chi connectivity index (χ4v) is 5.47. The van der Waals surface area contributed by atoms with Gasteiger partial charge in [-0.05, 0) is 58.7 Å². The summed E-state index contributed by atoms with van der Waals surface area (Å²) in [6.45, 7) is -2.19. The molecule has 0 aliphatic carbocycles. The van der Waals surface area contributed by atoms with Crippen LogP contribution in [0.2, 0.25) is 15.1 Å². The number of benzene rings is 2. The van der Waals surface area contributed by atoms with Crippen LogP contribution >= 0.6 is 34.8 Å². The summed E-state index contributed by atoms with van der Waals surface area (Å²) in [5, 5.41) is 1.55. The lowest BCUT2D eigenvalue weighted by Gasteiger charge is -2.31. The van der Waals surface area contributed by atoms with Crippen molar-refractivity contribution < 1.29 is 35.7 Å². The second-order valence-electron chi connectivity index (χ2n) is 7.70. The molecule has 0 bridgehead atoms. The molecule has 0 fully saturated rings.